The predicted octanol–water partition coefficient (Wildman–Crippen LogP) is -0.515. The fourth-order valence-corrected chi connectivity index (χ4v) is 1.09. The Hall–Kier alpha value is -0.120. The average Bonchev–Trinajstić information content (AvgIpc) is 2.34. The highest BCUT2D eigenvalue weighted by molar-refractivity contribution is 4.72. The first kappa shape index (κ1) is 6.99. The van der Waals surface area contributed by atoms with E-state index < -0.39 is 0 Å². The van der Waals surface area contributed by atoms with Crippen LogP contribution in [0.4, 0.5) is 0 Å². The van der Waals surface area contributed by atoms with Crippen LogP contribution in [0.25, 0.3) is 0 Å². The average molecular weight is 131 g/mol. The second kappa shape index (κ2) is 3.15. The summed E-state index contributed by atoms with van der Waals surface area (Å²) >= 11 is 0. The Bertz CT molecular complexity index is 77.1. The Morgan fingerprint density at radius 1 is 1.44 bits per heavy atom. The van der Waals surface area contributed by atoms with Crippen molar-refractivity contribution in [1.82, 2.24) is 0 Å². The van der Waals surface area contributed by atoms with Crippen molar-refractivity contribution in [3.05, 3.63) is 0 Å². The van der Waals surface area contributed by atoms with Crippen LogP contribution in [0.3, 0.4) is 0 Å². The fraction of sp³-hybridized carbons (Fsp3) is 1.00. The molecule has 1 aliphatic heterocycles. The highest BCUT2D eigenvalue weighted by Gasteiger charge is 2.22. The lowest BCUT2D eigenvalue weighted by Crippen LogP contribution is -2.21. The summed E-state index contributed by atoms with van der Waals surface area (Å²) in [5, 5.41) is 8.61. The van der Waals surface area contributed by atoms with Crippen molar-refractivity contribution in [3.8, 4) is 0 Å². The van der Waals surface area contributed by atoms with Gasteiger partial charge in [-0.3, -0.25) is 0 Å². The highest BCUT2D eigenvalue weighted by atomic mass is 16.5. The molecule has 0 unspecified atom stereocenters. The minimum atomic E-state index is 0.0542. The molecule has 9 heavy (non-hydrogen) atoms. The van der Waals surface area contributed by atoms with Gasteiger partial charge in [0.1, 0.15) is 0 Å². The maximum Gasteiger partial charge on any atom is 0.0811 e. The first-order valence-electron chi connectivity index (χ1n) is 3.33. The second-order valence-corrected chi connectivity index (χ2v) is 2.38. The summed E-state index contributed by atoms with van der Waals surface area (Å²) in [6.45, 7) is 0.715. The predicted molar refractivity (Wildman–Crippen MR) is 34.0 cm³/mol. The monoisotopic (exact) mass is 131 g/mol. The van der Waals surface area contributed by atoms with Gasteiger partial charge < -0.3 is 15.6 Å². The first-order chi connectivity index (χ1) is 4.36. The van der Waals surface area contributed by atoms with Crippen molar-refractivity contribution in [2.75, 3.05) is 13.2 Å². The molecule has 0 aromatic rings. The molecule has 1 rings (SSSR count). The van der Waals surface area contributed by atoms with Crippen molar-refractivity contribution in [2.45, 2.75) is 25.0 Å². The van der Waals surface area contributed by atoms with E-state index >= 15 is 0 Å². The second-order valence-electron chi connectivity index (χ2n) is 2.38. The van der Waals surface area contributed by atoms with Gasteiger partial charge in [0.25, 0.3) is 0 Å². The summed E-state index contributed by atoms with van der Waals surface area (Å²) in [5.41, 5.74) is 5.34. The smallest absolute Gasteiger partial charge is 0.0811 e. The fourth-order valence-electron chi connectivity index (χ4n) is 1.09. The van der Waals surface area contributed by atoms with E-state index in [9.17, 15) is 0 Å². The lowest BCUT2D eigenvalue weighted by atomic mass is 10.2. The molecule has 0 aromatic heterocycles. The van der Waals surface area contributed by atoms with Crippen LogP contribution in [-0.4, -0.2) is 30.5 Å². The SMILES string of the molecule is NC[C@H]1CC[C@H](CO)O1. The molecule has 1 aliphatic rings. The van der Waals surface area contributed by atoms with Crippen molar-refractivity contribution in [2.24, 2.45) is 5.73 Å². The standard InChI is InChI=1S/C6H13NO2/c7-3-5-1-2-6(4-8)9-5/h5-6,8H,1-4,7H2/t5-,6-/m1/s1. The topological polar surface area (TPSA) is 55.5 Å². The zero-order valence-corrected chi connectivity index (χ0v) is 5.42. The van der Waals surface area contributed by atoms with Gasteiger partial charge in [-0.1, -0.05) is 0 Å². The van der Waals surface area contributed by atoms with Gasteiger partial charge in [0.15, 0.2) is 0 Å². The Kier molecular flexibility index (Phi) is 2.45. The molecule has 0 aromatic carbocycles. The van der Waals surface area contributed by atoms with Crippen LogP contribution in [0.1, 0.15) is 12.8 Å². The molecule has 0 saturated carbocycles. The number of hydrogen-bond donors (Lipinski definition) is 2. The van der Waals surface area contributed by atoms with Gasteiger partial charge in [-0.25, -0.2) is 0 Å². The third-order valence-corrected chi connectivity index (χ3v) is 1.66. The van der Waals surface area contributed by atoms with E-state index in [0.717, 1.165) is 12.8 Å². The molecule has 0 aliphatic carbocycles. The Morgan fingerprint density at radius 3 is 2.44 bits per heavy atom. The third-order valence-electron chi connectivity index (χ3n) is 1.66. The molecule has 1 saturated heterocycles. The van der Waals surface area contributed by atoms with Gasteiger partial charge in [-0.2, -0.15) is 0 Å². The quantitative estimate of drug-likeness (QED) is 0.530. The maximum absolute atomic E-state index is 8.61. The van der Waals surface area contributed by atoms with Crippen LogP contribution in [0.15, 0.2) is 0 Å². The van der Waals surface area contributed by atoms with Gasteiger partial charge in [0.2, 0.25) is 0 Å². The van der Waals surface area contributed by atoms with Crippen LogP contribution >= 0.6 is 0 Å². The van der Waals surface area contributed by atoms with Crippen molar-refractivity contribution in [3.63, 3.8) is 0 Å². The number of nitrogens with two attached hydrogens (primary N) is 1. The first-order valence-corrected chi connectivity index (χ1v) is 3.33. The number of ether oxygens (including phenoxy) is 1. The molecule has 2 atom stereocenters. The van der Waals surface area contributed by atoms with Crippen molar-refractivity contribution >= 4 is 0 Å². The summed E-state index contributed by atoms with van der Waals surface area (Å²) in [5.74, 6) is 0. The highest BCUT2D eigenvalue weighted by Crippen LogP contribution is 2.17. The van der Waals surface area contributed by atoms with Crippen LogP contribution in [0.2, 0.25) is 0 Å². The molecule has 3 nitrogen and oxygen atoms in total. The molecular formula is C6H13NO2. The van der Waals surface area contributed by atoms with E-state index in [-0.39, 0.29) is 18.8 Å². The Balaban J connectivity index is 2.20. The van der Waals surface area contributed by atoms with Gasteiger partial charge in [0.05, 0.1) is 18.8 Å². The van der Waals surface area contributed by atoms with Gasteiger partial charge >= 0.3 is 0 Å². The van der Waals surface area contributed by atoms with E-state index in [1.165, 1.54) is 0 Å². The molecule has 54 valence electrons. The molecule has 3 heteroatoms. The maximum atomic E-state index is 8.61. The van der Waals surface area contributed by atoms with Gasteiger partial charge in [-0.15, -0.1) is 0 Å². The normalized spacial score (nSPS) is 35.3. The molecule has 1 fully saturated rings. The largest absolute Gasteiger partial charge is 0.394 e. The summed E-state index contributed by atoms with van der Waals surface area (Å²) in [7, 11) is 0. The lowest BCUT2D eigenvalue weighted by molar-refractivity contribution is 0.0158. The van der Waals surface area contributed by atoms with E-state index in [2.05, 4.69) is 0 Å². The van der Waals surface area contributed by atoms with E-state index in [1.807, 2.05) is 0 Å². The minimum absolute atomic E-state index is 0.0542. The summed E-state index contributed by atoms with van der Waals surface area (Å²) in [6.07, 6.45) is 2.21. The summed E-state index contributed by atoms with van der Waals surface area (Å²) in [4.78, 5) is 0. The number of rotatable bonds is 2. The van der Waals surface area contributed by atoms with Gasteiger partial charge in [0, 0.05) is 6.54 Å². The molecule has 1 heterocycles. The van der Waals surface area contributed by atoms with Crippen LogP contribution < -0.4 is 5.73 Å². The van der Waals surface area contributed by atoms with Crippen molar-refractivity contribution < 1.29 is 9.84 Å². The zero-order chi connectivity index (χ0) is 6.69. The molecule has 0 amide bonds. The van der Waals surface area contributed by atoms with E-state index in [4.69, 9.17) is 15.6 Å². The van der Waals surface area contributed by atoms with Crippen LogP contribution in [0.5, 0.6) is 0 Å². The minimum Gasteiger partial charge on any atom is -0.394 e. The van der Waals surface area contributed by atoms with Crippen LogP contribution in [0, 0.1) is 0 Å². The van der Waals surface area contributed by atoms with E-state index in [0.29, 0.717) is 6.54 Å². The molecule has 0 spiro atoms. The third kappa shape index (κ3) is 1.64. The zero-order valence-electron chi connectivity index (χ0n) is 5.42. The van der Waals surface area contributed by atoms with Crippen molar-refractivity contribution in [1.29, 1.82) is 0 Å². The number of aliphatic hydroxyl groups is 1. The van der Waals surface area contributed by atoms with Gasteiger partial charge in [-0.05, 0) is 12.8 Å². The summed E-state index contributed by atoms with van der Waals surface area (Å²) in [6, 6.07) is 0. The molecule has 0 radical (unpaired) electrons. The number of aliphatic hydroxyl groups excluding tert-OH is 1. The Labute approximate surface area is 54.8 Å². The number of hydrogen-bond acceptors (Lipinski definition) is 3. The molecule has 3 N–H and O–H groups in total. The lowest BCUT2D eigenvalue weighted by Gasteiger charge is -2.07. The van der Waals surface area contributed by atoms with E-state index in [1.54, 1.807) is 0 Å². The summed E-state index contributed by atoms with van der Waals surface area (Å²) < 4.78 is 5.28. The Morgan fingerprint density at radius 2 is 2.11 bits per heavy atom. The molecular weight excluding hydrogens is 118 g/mol. The molecule has 0 bridgehead atoms. The van der Waals surface area contributed by atoms with Crippen LogP contribution in [-0.2, 0) is 4.74 Å².